The summed E-state index contributed by atoms with van der Waals surface area (Å²) in [4.78, 5) is 0. The van der Waals surface area contributed by atoms with E-state index in [-0.39, 0.29) is 55.0 Å². The van der Waals surface area contributed by atoms with E-state index in [1.807, 2.05) is 0 Å². The van der Waals surface area contributed by atoms with Crippen LogP contribution in [0.2, 0.25) is 0 Å². The molecule has 1 aromatic heterocycles. The van der Waals surface area contributed by atoms with Crippen LogP contribution in [0.25, 0.3) is 98.4 Å². The van der Waals surface area contributed by atoms with Crippen LogP contribution in [0.15, 0.2) is 174 Å². The fraction of sp³-hybridized carbons (Fsp3) is 0. The summed E-state index contributed by atoms with van der Waals surface area (Å²) in [5.74, 6) is 0. The highest BCUT2D eigenvalue weighted by Crippen LogP contribution is 2.45. The van der Waals surface area contributed by atoms with E-state index in [1.54, 1.807) is 48.5 Å². The van der Waals surface area contributed by atoms with Crippen molar-refractivity contribution < 1.29 is 31.8 Å². The number of furan rings is 1. The molecule has 0 aliphatic heterocycles. The van der Waals surface area contributed by atoms with Gasteiger partial charge in [0.25, 0.3) is 0 Å². The van der Waals surface area contributed by atoms with Crippen molar-refractivity contribution in [1.82, 2.24) is 0 Å². The van der Waals surface area contributed by atoms with Gasteiger partial charge in [-0.05, 0) is 107 Å². The first kappa shape index (κ1) is 13.3. The van der Waals surface area contributed by atoms with E-state index >= 15 is 0 Å². The Bertz CT molecular complexity index is 3900. The molecule has 0 amide bonds. The lowest BCUT2D eigenvalue weighted by Gasteiger charge is -2.18. The van der Waals surface area contributed by atoms with Crippen molar-refractivity contribution in [1.29, 1.82) is 0 Å². The lowest BCUT2D eigenvalue weighted by Crippen LogP contribution is -1.91. The minimum Gasteiger partial charge on any atom is -0.456 e. The van der Waals surface area contributed by atoms with Gasteiger partial charge in [0.1, 0.15) is 11.2 Å². The zero-order valence-electron chi connectivity index (χ0n) is 44.0. The number of hydrogen-bond acceptors (Lipinski definition) is 1. The highest BCUT2D eigenvalue weighted by molar-refractivity contribution is 6.22. The first-order valence-corrected chi connectivity index (χ1v) is 14.6. The fourth-order valence-electron chi connectivity index (χ4n) is 6.12. The van der Waals surface area contributed by atoms with Crippen LogP contribution in [-0.4, -0.2) is 0 Å². The van der Waals surface area contributed by atoms with Gasteiger partial charge in [-0.2, -0.15) is 0 Å². The lowest BCUT2D eigenvalue weighted by molar-refractivity contribution is 0.669. The van der Waals surface area contributed by atoms with Crippen molar-refractivity contribution >= 4 is 65.0 Å². The summed E-state index contributed by atoms with van der Waals surface area (Å²) in [5, 5.41) is -0.384. The minimum absolute atomic E-state index is 0.110. The molecule has 0 fully saturated rings. The molecule has 0 atom stereocenters. The Kier molecular flexibility index (Phi) is 2.87. The second kappa shape index (κ2) is 10.2. The monoisotopic (exact) mass is 616 g/mol. The molecule has 218 valence electrons. The van der Waals surface area contributed by atoms with Crippen LogP contribution in [-0.2, 0) is 0 Å². The Morgan fingerprint density at radius 3 is 1.49 bits per heavy atom. The van der Waals surface area contributed by atoms with Crippen LogP contribution in [0.4, 0.5) is 0 Å². The van der Waals surface area contributed by atoms with Crippen LogP contribution in [0, 0.1) is 0 Å². The molecule has 0 radical (unpaired) electrons. The molecular weight excluding hydrogens is 569 g/mol. The maximum absolute atomic E-state index is 9.75. The maximum Gasteiger partial charge on any atom is 0.136 e. The second-order valence-electron chi connectivity index (χ2n) is 10.9. The molecule has 0 N–H and O–H groups in total. The van der Waals surface area contributed by atoms with Crippen molar-refractivity contribution in [3.05, 3.63) is 169 Å². The van der Waals surface area contributed by atoms with Gasteiger partial charge in [-0.1, -0.05) is 139 Å². The third kappa shape index (κ3) is 4.10. The number of benzene rings is 9. The first-order valence-electron chi connectivity index (χ1n) is 24.6. The van der Waals surface area contributed by atoms with Gasteiger partial charge in [0.15, 0.2) is 0 Å². The van der Waals surface area contributed by atoms with Gasteiger partial charge in [0, 0.05) is 10.8 Å². The predicted octanol–water partition coefficient (Wildman–Crippen LogP) is 13.2. The molecule has 1 nitrogen and oxygen atoms in total. The number of fused-ring (bicyclic) bond motifs is 7. The highest BCUT2D eigenvalue weighted by atomic mass is 16.3. The van der Waals surface area contributed by atoms with Gasteiger partial charge in [0.05, 0.1) is 27.4 Å². The SMILES string of the molecule is [2H]c1c([2H])c(-c2c3ccccc3c(-c3c([2H])c([2H])c4oc5c([2H])c6c([2H])c([2H])c([2H])c([2H])c6c([2H])c5c4c3[2H])c3ccccc23)c([2H])c([2H])c1-c1c([2H])c([2H])c2c([2H])c([2H])c([2H])c([2H])c2c1[2H]. The third-order valence-electron chi connectivity index (χ3n) is 8.19. The van der Waals surface area contributed by atoms with E-state index in [0.29, 0.717) is 21.5 Å². The van der Waals surface area contributed by atoms with Crippen molar-refractivity contribution in [3.8, 4) is 33.4 Å². The molecule has 1 heteroatoms. The number of hydrogen-bond donors (Lipinski definition) is 0. The summed E-state index contributed by atoms with van der Waals surface area (Å²) < 4.78 is 184. The molecule has 10 rings (SSSR count). The Morgan fingerprint density at radius 1 is 0.340 bits per heavy atom. The molecule has 9 aromatic carbocycles. The molecular formula is C46H28O. The highest BCUT2D eigenvalue weighted by Gasteiger charge is 2.18. The number of rotatable bonds is 3. The molecule has 0 bridgehead atoms. The molecule has 0 aliphatic carbocycles. The maximum atomic E-state index is 9.75. The van der Waals surface area contributed by atoms with E-state index in [9.17, 15) is 11.0 Å². The molecule has 10 aromatic rings. The van der Waals surface area contributed by atoms with E-state index in [2.05, 4.69) is 0 Å². The first-order chi connectivity index (χ1) is 31.7. The molecule has 0 spiro atoms. The van der Waals surface area contributed by atoms with Gasteiger partial charge in [0.2, 0.25) is 0 Å². The Labute approximate surface area is 300 Å². The van der Waals surface area contributed by atoms with Crippen LogP contribution in [0.5, 0.6) is 0 Å². The smallest absolute Gasteiger partial charge is 0.136 e. The topological polar surface area (TPSA) is 13.1 Å². The van der Waals surface area contributed by atoms with Crippen molar-refractivity contribution in [2.45, 2.75) is 0 Å². The van der Waals surface area contributed by atoms with Crippen molar-refractivity contribution in [2.24, 2.45) is 0 Å². The lowest BCUT2D eigenvalue weighted by atomic mass is 9.85. The predicted molar refractivity (Wildman–Crippen MR) is 200 cm³/mol. The average molecular weight is 617 g/mol. The minimum atomic E-state index is -0.737. The third-order valence-corrected chi connectivity index (χ3v) is 8.19. The molecule has 0 saturated carbocycles. The zero-order chi connectivity index (χ0) is 48.3. The largest absolute Gasteiger partial charge is 0.456 e. The fourth-order valence-corrected chi connectivity index (χ4v) is 6.12. The second-order valence-corrected chi connectivity index (χ2v) is 10.9. The van der Waals surface area contributed by atoms with Crippen molar-refractivity contribution in [3.63, 3.8) is 0 Å². The summed E-state index contributed by atoms with van der Waals surface area (Å²) in [6.07, 6.45) is 0. The van der Waals surface area contributed by atoms with E-state index in [1.165, 1.54) is 0 Å². The molecule has 0 aliphatic rings. The van der Waals surface area contributed by atoms with Gasteiger partial charge in [-0.3, -0.25) is 0 Å². The summed E-state index contributed by atoms with van der Waals surface area (Å²) in [7, 11) is 0. The average Bonchev–Trinajstić information content (AvgIpc) is 3.73. The van der Waals surface area contributed by atoms with Gasteiger partial charge in [-0.25, -0.2) is 0 Å². The van der Waals surface area contributed by atoms with E-state index < -0.39 is 143 Å². The van der Waals surface area contributed by atoms with Gasteiger partial charge in [-0.15, -0.1) is 0 Å². The van der Waals surface area contributed by atoms with E-state index in [0.717, 1.165) is 0 Å². The summed E-state index contributed by atoms with van der Waals surface area (Å²) in [5.41, 5.74) is -1.58. The van der Waals surface area contributed by atoms with E-state index in [4.69, 9.17) is 20.9 Å². The van der Waals surface area contributed by atoms with Gasteiger partial charge < -0.3 is 4.42 Å². The van der Waals surface area contributed by atoms with Crippen LogP contribution >= 0.6 is 0 Å². The Morgan fingerprint density at radius 2 is 0.830 bits per heavy atom. The van der Waals surface area contributed by atoms with Crippen molar-refractivity contribution in [2.75, 3.05) is 0 Å². The van der Waals surface area contributed by atoms with Crippen LogP contribution < -0.4 is 0 Å². The Hall–Kier alpha value is -6.18. The summed E-state index contributed by atoms with van der Waals surface area (Å²) in [6.45, 7) is 0. The molecule has 1 heterocycles. The normalized spacial score (nSPS) is 17.8. The Balaban J connectivity index is 1.30. The van der Waals surface area contributed by atoms with Crippen LogP contribution in [0.3, 0.4) is 0 Å². The van der Waals surface area contributed by atoms with Gasteiger partial charge >= 0.3 is 0 Å². The molecule has 0 unspecified atom stereocenters. The molecule has 0 saturated heterocycles. The summed E-state index contributed by atoms with van der Waals surface area (Å²) >= 11 is 0. The van der Waals surface area contributed by atoms with Crippen LogP contribution in [0.1, 0.15) is 27.4 Å². The molecule has 47 heavy (non-hydrogen) atoms. The quantitative estimate of drug-likeness (QED) is 0.180. The standard InChI is InChI=1S/C46H28O/c1-2-10-32-25-35(22-19-29(32)9-1)30-17-20-31(21-18-30)45-37-13-5-7-15-39(37)46(40-16-8-6-14-38(40)45)36-23-24-43-41(27-36)42-26-33-11-3-4-12-34(33)28-44(42)47-43/h1-28H/i1D,2D,3D,4D,9D,10D,11D,12D,17D,18D,19D,20D,21D,22D,23D,24D,25D,26D,27D,28D. The zero-order valence-corrected chi connectivity index (χ0v) is 24.0. The summed E-state index contributed by atoms with van der Waals surface area (Å²) in [6, 6.07) is 1.02.